The van der Waals surface area contributed by atoms with E-state index in [0.717, 1.165) is 11.1 Å². The molecule has 0 saturated carbocycles. The van der Waals surface area contributed by atoms with Crippen LogP contribution in [0, 0.1) is 5.92 Å². The first kappa shape index (κ1) is 15.2. The number of nitrogens with two attached hydrogens (primary N) is 2. The zero-order chi connectivity index (χ0) is 17.6. The zero-order valence-electron chi connectivity index (χ0n) is 13.3. The molecule has 0 saturated heterocycles. The molecule has 2 unspecified atom stereocenters. The van der Waals surface area contributed by atoms with Crippen LogP contribution in [0.1, 0.15) is 27.4 Å². The lowest BCUT2D eigenvalue weighted by Crippen LogP contribution is -2.40. The second kappa shape index (κ2) is 5.63. The summed E-state index contributed by atoms with van der Waals surface area (Å²) >= 11 is 0. The third kappa shape index (κ3) is 2.50. The van der Waals surface area contributed by atoms with Gasteiger partial charge in [-0.05, 0) is 17.7 Å². The zero-order valence-corrected chi connectivity index (χ0v) is 13.3. The Morgan fingerprint density at radius 2 is 1.96 bits per heavy atom. The second-order valence-corrected chi connectivity index (χ2v) is 6.20. The van der Waals surface area contributed by atoms with Crippen molar-refractivity contribution in [3.63, 3.8) is 0 Å². The van der Waals surface area contributed by atoms with Gasteiger partial charge in [-0.25, -0.2) is 4.79 Å². The van der Waals surface area contributed by atoms with Crippen molar-refractivity contribution >= 4 is 17.4 Å². The van der Waals surface area contributed by atoms with Crippen molar-refractivity contribution in [3.05, 3.63) is 83.1 Å². The summed E-state index contributed by atoms with van der Waals surface area (Å²) in [5.74, 6) is 0.0748. The highest BCUT2D eigenvalue weighted by Crippen LogP contribution is 2.48. The van der Waals surface area contributed by atoms with E-state index >= 15 is 0 Å². The van der Waals surface area contributed by atoms with E-state index in [2.05, 4.69) is 0 Å². The summed E-state index contributed by atoms with van der Waals surface area (Å²) in [5, 5.41) is 15.5. The summed E-state index contributed by atoms with van der Waals surface area (Å²) in [4.78, 5) is 11.7. The molecule has 5 heteroatoms. The number of rotatable bonds is 2. The van der Waals surface area contributed by atoms with Crippen LogP contribution >= 0.6 is 0 Å². The Morgan fingerprint density at radius 1 is 1.16 bits per heavy atom. The van der Waals surface area contributed by atoms with E-state index in [4.69, 9.17) is 15.9 Å². The van der Waals surface area contributed by atoms with E-state index in [0.29, 0.717) is 22.9 Å². The van der Waals surface area contributed by atoms with Crippen LogP contribution in [0.25, 0.3) is 0 Å². The quantitative estimate of drug-likeness (QED) is 0.729. The first-order valence-electron chi connectivity index (χ1n) is 7.96. The fraction of sp³-hybridized carbons (Fsp3) is 0.100. The molecule has 1 heterocycles. The molecule has 2 atom stereocenters. The molecule has 2 aliphatic rings. The minimum absolute atomic E-state index is 0.121. The van der Waals surface area contributed by atoms with Crippen molar-refractivity contribution in [2.24, 2.45) is 5.92 Å². The Kier molecular flexibility index (Phi) is 3.42. The first-order valence-corrected chi connectivity index (χ1v) is 7.96. The second-order valence-electron chi connectivity index (χ2n) is 6.20. The molecular weight excluding hydrogens is 316 g/mol. The molecule has 0 spiro atoms. The van der Waals surface area contributed by atoms with Crippen molar-refractivity contribution in [1.82, 2.24) is 0 Å². The maximum atomic E-state index is 11.7. The summed E-state index contributed by atoms with van der Waals surface area (Å²) in [6.07, 6.45) is 5.58. The van der Waals surface area contributed by atoms with Gasteiger partial charge < -0.3 is 15.6 Å². The Labute approximate surface area is 144 Å². The number of carboxylic acid groups (broad SMARTS) is 1. The van der Waals surface area contributed by atoms with Crippen LogP contribution in [0.3, 0.4) is 0 Å². The number of carbonyl (C=O) groups is 1. The topological polar surface area (TPSA) is 98.1 Å². The van der Waals surface area contributed by atoms with E-state index in [1.54, 1.807) is 30.3 Å². The normalized spacial score (nSPS) is 21.0. The number of ether oxygens (including phenoxy) is 1. The largest absolute Gasteiger partial charge is 0.478 e. The fourth-order valence-corrected chi connectivity index (χ4v) is 3.53. The molecular formula is C20H17N2O3+. The lowest BCUT2D eigenvalue weighted by Gasteiger charge is -2.35. The van der Waals surface area contributed by atoms with Crippen LogP contribution in [-0.2, 0) is 0 Å². The number of aromatic carboxylic acids is 1. The summed E-state index contributed by atoms with van der Waals surface area (Å²) in [6.45, 7) is 0. The third-order valence-electron chi connectivity index (χ3n) is 4.62. The predicted octanol–water partition coefficient (Wildman–Crippen LogP) is 1.76. The van der Waals surface area contributed by atoms with Gasteiger partial charge in [0.2, 0.25) is 0 Å². The van der Waals surface area contributed by atoms with Gasteiger partial charge in [0.25, 0.3) is 0 Å². The maximum absolute atomic E-state index is 11.7. The van der Waals surface area contributed by atoms with Crippen molar-refractivity contribution in [3.8, 4) is 5.75 Å². The fourth-order valence-electron chi connectivity index (χ4n) is 3.53. The highest BCUT2D eigenvalue weighted by molar-refractivity contribution is 6.01. The highest BCUT2D eigenvalue weighted by Gasteiger charge is 2.38. The van der Waals surface area contributed by atoms with E-state index < -0.39 is 5.97 Å². The molecule has 2 aromatic rings. The molecule has 5 nitrogen and oxygen atoms in total. The van der Waals surface area contributed by atoms with E-state index in [1.807, 2.05) is 30.4 Å². The van der Waals surface area contributed by atoms with Gasteiger partial charge in [0.15, 0.2) is 5.71 Å². The average molecular weight is 333 g/mol. The maximum Gasteiger partial charge on any atom is 0.335 e. The molecule has 5 N–H and O–H groups in total. The number of hydrogen-bond donors (Lipinski definition) is 3. The molecule has 0 fully saturated rings. The SMILES string of the molecule is Nc1ccc2c(c1)OC1=CC(=[NH2+])C=CC1C2c1ccccc1C(=O)O. The molecule has 0 amide bonds. The number of carboxylic acids is 1. The van der Waals surface area contributed by atoms with Crippen LogP contribution in [-0.4, -0.2) is 16.8 Å². The third-order valence-corrected chi connectivity index (χ3v) is 4.62. The Balaban J connectivity index is 1.97. The van der Waals surface area contributed by atoms with Gasteiger partial charge in [0.05, 0.1) is 5.56 Å². The molecule has 1 aliphatic carbocycles. The number of benzene rings is 2. The Hall–Kier alpha value is -3.34. The molecule has 1 aliphatic heterocycles. The van der Waals surface area contributed by atoms with Gasteiger partial charge in [-0.15, -0.1) is 0 Å². The Morgan fingerprint density at radius 3 is 2.76 bits per heavy atom. The van der Waals surface area contributed by atoms with E-state index in [-0.39, 0.29) is 17.4 Å². The first-order chi connectivity index (χ1) is 12.0. The van der Waals surface area contributed by atoms with Gasteiger partial charge in [0.1, 0.15) is 11.5 Å². The van der Waals surface area contributed by atoms with Crippen molar-refractivity contribution in [2.75, 3.05) is 5.73 Å². The lowest BCUT2D eigenvalue weighted by molar-refractivity contribution is -0.110. The number of fused-ring (bicyclic) bond motifs is 2. The highest BCUT2D eigenvalue weighted by atomic mass is 16.5. The molecule has 0 aromatic heterocycles. The lowest BCUT2D eigenvalue weighted by atomic mass is 9.74. The van der Waals surface area contributed by atoms with Gasteiger partial charge in [-0.1, -0.05) is 30.3 Å². The van der Waals surface area contributed by atoms with Gasteiger partial charge >= 0.3 is 5.97 Å². The molecule has 124 valence electrons. The minimum Gasteiger partial charge on any atom is -0.478 e. The molecule has 2 aromatic carbocycles. The summed E-state index contributed by atoms with van der Waals surface area (Å²) < 4.78 is 6.02. The summed E-state index contributed by atoms with van der Waals surface area (Å²) in [6, 6.07) is 12.5. The van der Waals surface area contributed by atoms with E-state index in [9.17, 15) is 9.90 Å². The van der Waals surface area contributed by atoms with Crippen molar-refractivity contribution in [2.45, 2.75) is 5.92 Å². The molecule has 0 bridgehead atoms. The van der Waals surface area contributed by atoms with Gasteiger partial charge in [-0.2, -0.15) is 0 Å². The van der Waals surface area contributed by atoms with E-state index in [1.165, 1.54) is 0 Å². The number of nitrogen functional groups attached to an aromatic ring is 1. The summed E-state index contributed by atoms with van der Waals surface area (Å²) in [5.41, 5.74) is 9.03. The summed E-state index contributed by atoms with van der Waals surface area (Å²) in [7, 11) is 0. The Bertz CT molecular complexity index is 959. The van der Waals surface area contributed by atoms with Crippen LogP contribution in [0.5, 0.6) is 5.75 Å². The molecule has 4 rings (SSSR count). The average Bonchev–Trinajstić information content (AvgIpc) is 2.59. The van der Waals surface area contributed by atoms with Crippen molar-refractivity contribution in [1.29, 1.82) is 0 Å². The standard InChI is InChI=1S/C20H16N2O3/c21-11-5-7-15-17(9-11)25-18-10-12(22)6-8-16(18)19(15)13-3-1-2-4-14(13)20(23)24/h1-10,15,19,21H,22H2,(H,23,24)/p+1. The molecule has 25 heavy (non-hydrogen) atoms. The molecule has 0 radical (unpaired) electrons. The van der Waals surface area contributed by atoms with Crippen LogP contribution in [0.15, 0.2) is 66.5 Å². The number of allylic oxidation sites excluding steroid dienone is 3. The van der Waals surface area contributed by atoms with Crippen molar-refractivity contribution < 1.29 is 20.0 Å². The predicted molar refractivity (Wildman–Crippen MR) is 94.4 cm³/mol. The number of anilines is 1. The minimum atomic E-state index is -0.949. The van der Waals surface area contributed by atoms with Crippen LogP contribution in [0.4, 0.5) is 5.69 Å². The smallest absolute Gasteiger partial charge is 0.335 e. The monoisotopic (exact) mass is 333 g/mol. The van der Waals surface area contributed by atoms with Crippen LogP contribution in [0.2, 0.25) is 0 Å². The van der Waals surface area contributed by atoms with Crippen LogP contribution < -0.4 is 15.9 Å². The van der Waals surface area contributed by atoms with Gasteiger partial charge in [0, 0.05) is 41.3 Å². The number of hydrogen-bond acceptors (Lipinski definition) is 3. The van der Waals surface area contributed by atoms with Gasteiger partial charge in [-0.3, -0.25) is 5.41 Å².